The van der Waals surface area contributed by atoms with E-state index in [9.17, 15) is 13.2 Å². The fourth-order valence-electron chi connectivity index (χ4n) is 2.49. The Balaban J connectivity index is 2.36. The Morgan fingerprint density at radius 3 is 2.48 bits per heavy atom. The number of amides is 1. The second kappa shape index (κ2) is 6.86. The molecule has 0 aromatic heterocycles. The van der Waals surface area contributed by atoms with E-state index < -0.39 is 10.0 Å². The van der Waals surface area contributed by atoms with Crippen LogP contribution in [0.5, 0.6) is 0 Å². The molecule has 23 heavy (non-hydrogen) atoms. The van der Waals surface area contributed by atoms with Gasteiger partial charge in [-0.15, -0.1) is 0 Å². The van der Waals surface area contributed by atoms with Crippen molar-refractivity contribution in [1.29, 1.82) is 0 Å². The fourth-order valence-corrected chi connectivity index (χ4v) is 3.42. The molecule has 1 atom stereocenters. The molecule has 1 aliphatic heterocycles. The van der Waals surface area contributed by atoms with E-state index in [2.05, 4.69) is 10.6 Å². The molecule has 1 aromatic carbocycles. The summed E-state index contributed by atoms with van der Waals surface area (Å²) in [5.41, 5.74) is 1.27. The average Bonchev–Trinajstić information content (AvgIpc) is 3.00. The summed E-state index contributed by atoms with van der Waals surface area (Å²) in [5, 5.41) is 6.03. The zero-order chi connectivity index (χ0) is 17.2. The number of benzene rings is 1. The van der Waals surface area contributed by atoms with Crippen LogP contribution >= 0.6 is 0 Å². The first kappa shape index (κ1) is 17.7. The summed E-state index contributed by atoms with van der Waals surface area (Å²) in [5.74, 6) is -0.170. The molecular weight excluding hydrogens is 316 g/mol. The van der Waals surface area contributed by atoms with Gasteiger partial charge in [-0.2, -0.15) is 0 Å². The third-order valence-electron chi connectivity index (χ3n) is 3.92. The van der Waals surface area contributed by atoms with Gasteiger partial charge in [-0.25, -0.2) is 12.7 Å². The van der Waals surface area contributed by atoms with Crippen molar-refractivity contribution in [2.45, 2.75) is 11.3 Å². The minimum atomic E-state index is -3.55. The molecule has 1 amide bonds. The van der Waals surface area contributed by atoms with E-state index in [4.69, 9.17) is 0 Å². The van der Waals surface area contributed by atoms with Crippen molar-refractivity contribution >= 4 is 27.3 Å². The molecule has 7 nitrogen and oxygen atoms in total. The lowest BCUT2D eigenvalue weighted by Crippen LogP contribution is -2.26. The second-order valence-corrected chi connectivity index (χ2v) is 8.19. The van der Waals surface area contributed by atoms with Crippen LogP contribution in [0, 0.1) is 5.92 Å². The van der Waals surface area contributed by atoms with Gasteiger partial charge in [0.2, 0.25) is 15.9 Å². The molecule has 1 heterocycles. The lowest BCUT2D eigenvalue weighted by atomic mass is 10.1. The lowest BCUT2D eigenvalue weighted by molar-refractivity contribution is -0.119. The third kappa shape index (κ3) is 3.82. The predicted octanol–water partition coefficient (Wildman–Crippen LogP) is 0.551. The summed E-state index contributed by atoms with van der Waals surface area (Å²) in [6, 6.07) is 4.78. The van der Waals surface area contributed by atoms with Gasteiger partial charge in [0.25, 0.3) is 0 Å². The number of hydrogen-bond donors (Lipinski definition) is 2. The van der Waals surface area contributed by atoms with Crippen LogP contribution in [-0.2, 0) is 14.8 Å². The van der Waals surface area contributed by atoms with Gasteiger partial charge in [0, 0.05) is 34.7 Å². The summed E-state index contributed by atoms with van der Waals surface area (Å²) in [4.78, 5) is 14.4. The molecule has 128 valence electrons. The van der Waals surface area contributed by atoms with Crippen LogP contribution in [0.3, 0.4) is 0 Å². The number of sulfonamides is 1. The van der Waals surface area contributed by atoms with E-state index in [0.29, 0.717) is 12.2 Å². The highest BCUT2D eigenvalue weighted by Crippen LogP contribution is 2.29. The number of carbonyl (C=O) groups excluding carboxylic acids is 1. The number of nitrogens with zero attached hydrogens (tertiary/aromatic N) is 2. The molecule has 0 bridgehead atoms. The van der Waals surface area contributed by atoms with Gasteiger partial charge < -0.3 is 15.5 Å². The van der Waals surface area contributed by atoms with Crippen molar-refractivity contribution in [2.75, 3.05) is 51.5 Å². The van der Waals surface area contributed by atoms with Gasteiger partial charge in [0.05, 0.1) is 22.2 Å². The van der Waals surface area contributed by atoms with Crippen LogP contribution in [0.15, 0.2) is 23.1 Å². The first-order valence-corrected chi connectivity index (χ1v) is 8.93. The zero-order valence-electron chi connectivity index (χ0n) is 14.0. The molecule has 1 unspecified atom stereocenters. The first-order valence-electron chi connectivity index (χ1n) is 7.49. The predicted molar refractivity (Wildman–Crippen MR) is 91.2 cm³/mol. The summed E-state index contributed by atoms with van der Waals surface area (Å²) in [6.07, 6.45) is 0.790. The maximum Gasteiger partial charge on any atom is 0.242 e. The average molecular weight is 340 g/mol. The third-order valence-corrected chi connectivity index (χ3v) is 5.73. The van der Waals surface area contributed by atoms with Crippen LogP contribution in [0.25, 0.3) is 0 Å². The van der Waals surface area contributed by atoms with Crippen LogP contribution in [0.1, 0.15) is 6.42 Å². The van der Waals surface area contributed by atoms with Crippen molar-refractivity contribution in [3.05, 3.63) is 18.2 Å². The minimum absolute atomic E-state index is 0.0841. The van der Waals surface area contributed by atoms with E-state index in [1.54, 1.807) is 12.1 Å². The molecule has 1 aliphatic rings. The Hall–Kier alpha value is -1.64. The standard InChI is InChI=1S/C15H24N4O3S/c1-18(2)14-6-5-12(23(21,22)19(3)4)9-13(14)17-15(20)11-7-8-16-10-11/h5-6,9,11,16H,7-8,10H2,1-4H3,(H,17,20). The number of anilines is 2. The maximum atomic E-state index is 12.4. The summed E-state index contributed by atoms with van der Waals surface area (Å²) in [6.45, 7) is 1.48. The molecule has 1 aromatic rings. The minimum Gasteiger partial charge on any atom is -0.376 e. The van der Waals surface area contributed by atoms with Gasteiger partial charge in [0.15, 0.2) is 0 Å². The molecule has 0 aliphatic carbocycles. The number of rotatable bonds is 5. The molecular formula is C15H24N4O3S. The van der Waals surface area contributed by atoms with Crippen LogP contribution in [0.2, 0.25) is 0 Å². The van der Waals surface area contributed by atoms with Crippen molar-refractivity contribution in [2.24, 2.45) is 5.92 Å². The van der Waals surface area contributed by atoms with Crippen LogP contribution in [-0.4, -0.2) is 59.9 Å². The highest BCUT2D eigenvalue weighted by Gasteiger charge is 2.25. The zero-order valence-corrected chi connectivity index (χ0v) is 14.8. The molecule has 0 saturated carbocycles. The van der Waals surface area contributed by atoms with Gasteiger partial charge in [-0.1, -0.05) is 0 Å². The lowest BCUT2D eigenvalue weighted by Gasteiger charge is -2.21. The molecule has 0 radical (unpaired) electrons. The highest BCUT2D eigenvalue weighted by molar-refractivity contribution is 7.89. The Morgan fingerprint density at radius 2 is 1.96 bits per heavy atom. The summed E-state index contributed by atoms with van der Waals surface area (Å²) >= 11 is 0. The molecule has 2 rings (SSSR count). The second-order valence-electron chi connectivity index (χ2n) is 6.04. The van der Waals surface area contributed by atoms with Crippen molar-refractivity contribution in [3.63, 3.8) is 0 Å². The van der Waals surface area contributed by atoms with E-state index >= 15 is 0 Å². The Morgan fingerprint density at radius 1 is 1.26 bits per heavy atom. The Bertz CT molecular complexity index is 680. The van der Waals surface area contributed by atoms with Crippen LogP contribution < -0.4 is 15.5 Å². The SMILES string of the molecule is CN(C)c1ccc(S(=O)(=O)N(C)C)cc1NC(=O)C1CCNC1. The number of nitrogens with one attached hydrogen (secondary N) is 2. The highest BCUT2D eigenvalue weighted by atomic mass is 32.2. The summed E-state index contributed by atoms with van der Waals surface area (Å²) in [7, 11) is 3.12. The molecule has 2 N–H and O–H groups in total. The quantitative estimate of drug-likeness (QED) is 0.818. The topological polar surface area (TPSA) is 81.8 Å². The van der Waals surface area contributed by atoms with Gasteiger partial charge in [0.1, 0.15) is 0 Å². The van der Waals surface area contributed by atoms with E-state index in [0.717, 1.165) is 23.0 Å². The van der Waals surface area contributed by atoms with Gasteiger partial charge >= 0.3 is 0 Å². The van der Waals surface area contributed by atoms with Gasteiger partial charge in [-0.05, 0) is 31.2 Å². The van der Waals surface area contributed by atoms with Crippen molar-refractivity contribution < 1.29 is 13.2 Å². The smallest absolute Gasteiger partial charge is 0.242 e. The molecule has 1 saturated heterocycles. The van der Waals surface area contributed by atoms with Crippen molar-refractivity contribution in [3.8, 4) is 0 Å². The number of carbonyl (C=O) groups is 1. The monoisotopic (exact) mass is 340 g/mol. The summed E-state index contributed by atoms with van der Waals surface area (Å²) < 4.78 is 25.8. The fraction of sp³-hybridized carbons (Fsp3) is 0.533. The molecule has 0 spiro atoms. The molecule has 8 heteroatoms. The maximum absolute atomic E-state index is 12.4. The van der Waals surface area contributed by atoms with E-state index in [-0.39, 0.29) is 16.7 Å². The largest absolute Gasteiger partial charge is 0.376 e. The Labute approximate surface area is 137 Å². The number of hydrogen-bond acceptors (Lipinski definition) is 5. The normalized spacial score (nSPS) is 18.2. The van der Waals surface area contributed by atoms with Crippen molar-refractivity contribution in [1.82, 2.24) is 9.62 Å². The first-order chi connectivity index (χ1) is 10.7. The van der Waals surface area contributed by atoms with E-state index in [1.807, 2.05) is 19.0 Å². The Kier molecular flexibility index (Phi) is 5.28. The van der Waals surface area contributed by atoms with E-state index in [1.165, 1.54) is 20.2 Å². The van der Waals surface area contributed by atoms with Gasteiger partial charge in [-0.3, -0.25) is 4.79 Å². The van der Waals surface area contributed by atoms with Crippen LogP contribution in [0.4, 0.5) is 11.4 Å². The molecule has 1 fully saturated rings.